The van der Waals surface area contributed by atoms with Crippen LogP contribution in [0.2, 0.25) is 0 Å². The Morgan fingerprint density at radius 2 is 1.75 bits per heavy atom. The Balaban J connectivity index is 2.18. The second-order valence-electron chi connectivity index (χ2n) is 6.65. The fourth-order valence-corrected chi connectivity index (χ4v) is 3.16. The maximum absolute atomic E-state index is 12.0. The van der Waals surface area contributed by atoms with Crippen molar-refractivity contribution in [2.24, 2.45) is 11.8 Å². The number of rotatable bonds is 14. The topological polar surface area (TPSA) is 74.6 Å². The van der Waals surface area contributed by atoms with Crippen LogP contribution in [0, 0.1) is 11.8 Å². The van der Waals surface area contributed by atoms with Gasteiger partial charge in [0.2, 0.25) is 0 Å². The minimum Gasteiger partial charge on any atom is -0.481 e. The van der Waals surface area contributed by atoms with Gasteiger partial charge in [0.15, 0.2) is 5.78 Å². The van der Waals surface area contributed by atoms with Gasteiger partial charge in [-0.05, 0) is 38.2 Å². The van der Waals surface area contributed by atoms with Crippen LogP contribution in [0.1, 0.15) is 70.6 Å². The molecule has 0 bridgehead atoms. The van der Waals surface area contributed by atoms with Crippen LogP contribution >= 0.6 is 0 Å². The van der Waals surface area contributed by atoms with Gasteiger partial charge in [0.1, 0.15) is 0 Å². The zero-order valence-corrected chi connectivity index (χ0v) is 14.7. The van der Waals surface area contributed by atoms with E-state index in [-0.39, 0.29) is 30.6 Å². The third-order valence-electron chi connectivity index (χ3n) is 4.61. The number of aliphatic hydroxyl groups excluding tert-OH is 1. The van der Waals surface area contributed by atoms with E-state index in [0.717, 1.165) is 64.2 Å². The Morgan fingerprint density at radius 1 is 1.04 bits per heavy atom. The molecule has 0 aromatic heterocycles. The highest BCUT2D eigenvalue weighted by Crippen LogP contribution is 2.29. The monoisotopic (exact) mass is 336 g/mol. The lowest BCUT2D eigenvalue weighted by Gasteiger charge is -2.14. The van der Waals surface area contributed by atoms with Crippen molar-refractivity contribution in [2.75, 3.05) is 6.61 Å². The molecule has 0 amide bonds. The van der Waals surface area contributed by atoms with Crippen LogP contribution in [0.3, 0.4) is 0 Å². The van der Waals surface area contributed by atoms with Crippen LogP contribution in [0.5, 0.6) is 0 Å². The molecule has 0 unspecified atom stereocenters. The molecule has 0 aliphatic heterocycles. The van der Waals surface area contributed by atoms with Gasteiger partial charge in [-0.1, -0.05) is 50.3 Å². The molecule has 1 aliphatic carbocycles. The highest BCUT2D eigenvalue weighted by atomic mass is 16.4. The summed E-state index contributed by atoms with van der Waals surface area (Å²) >= 11 is 0. The maximum Gasteiger partial charge on any atom is 0.303 e. The van der Waals surface area contributed by atoms with Crippen LogP contribution in [0.15, 0.2) is 24.3 Å². The van der Waals surface area contributed by atoms with Crippen molar-refractivity contribution in [3.05, 3.63) is 24.3 Å². The maximum atomic E-state index is 12.0. The number of carboxylic acids is 1. The smallest absolute Gasteiger partial charge is 0.303 e. The predicted octanol–water partition coefficient (Wildman–Crippen LogP) is 4.28. The normalized spacial score (nSPS) is 20.3. The summed E-state index contributed by atoms with van der Waals surface area (Å²) in [6.45, 7) is 0.281. The lowest BCUT2D eigenvalue weighted by molar-refractivity contribution is -0.137. The van der Waals surface area contributed by atoms with E-state index >= 15 is 0 Å². The Kier molecular flexibility index (Phi) is 11.1. The fourth-order valence-electron chi connectivity index (χ4n) is 3.16. The summed E-state index contributed by atoms with van der Waals surface area (Å²) in [5.74, 6) is -0.186. The van der Waals surface area contributed by atoms with Crippen molar-refractivity contribution in [3.8, 4) is 0 Å². The SMILES string of the molecule is O=C(O)CCCCCC[C@H]1C(=O)C=C[C@@H]1C=CCCCCCCO. The van der Waals surface area contributed by atoms with Crippen LogP contribution in [-0.4, -0.2) is 28.6 Å². The zero-order chi connectivity index (χ0) is 17.6. The van der Waals surface area contributed by atoms with Gasteiger partial charge in [0.25, 0.3) is 0 Å². The molecule has 0 saturated heterocycles. The van der Waals surface area contributed by atoms with Crippen molar-refractivity contribution in [2.45, 2.75) is 70.6 Å². The first kappa shape index (κ1) is 20.6. The molecule has 0 aromatic carbocycles. The third kappa shape index (κ3) is 9.02. The molecule has 0 fully saturated rings. The number of ketones is 1. The second-order valence-corrected chi connectivity index (χ2v) is 6.65. The summed E-state index contributed by atoms with van der Waals surface area (Å²) in [5.41, 5.74) is 0. The van der Waals surface area contributed by atoms with Crippen LogP contribution in [0.4, 0.5) is 0 Å². The first-order valence-corrected chi connectivity index (χ1v) is 9.36. The van der Waals surface area contributed by atoms with Crippen LogP contribution < -0.4 is 0 Å². The van der Waals surface area contributed by atoms with Gasteiger partial charge in [-0.2, -0.15) is 0 Å². The fraction of sp³-hybridized carbons (Fsp3) is 0.700. The Morgan fingerprint density at radius 3 is 2.50 bits per heavy atom. The van der Waals surface area contributed by atoms with Gasteiger partial charge in [-0.15, -0.1) is 0 Å². The molecule has 4 heteroatoms. The van der Waals surface area contributed by atoms with Gasteiger partial charge < -0.3 is 10.2 Å². The zero-order valence-electron chi connectivity index (χ0n) is 14.7. The molecule has 0 heterocycles. The minimum atomic E-state index is -0.730. The van der Waals surface area contributed by atoms with Gasteiger partial charge in [0, 0.05) is 24.9 Å². The van der Waals surface area contributed by atoms with E-state index < -0.39 is 5.97 Å². The molecule has 4 nitrogen and oxygen atoms in total. The molecule has 136 valence electrons. The number of carbonyl (C=O) groups is 2. The lowest BCUT2D eigenvalue weighted by atomic mass is 9.88. The minimum absolute atomic E-state index is 0.0788. The number of hydrogen-bond acceptors (Lipinski definition) is 3. The quantitative estimate of drug-likeness (QED) is 0.367. The van der Waals surface area contributed by atoms with Gasteiger partial charge in [-0.25, -0.2) is 0 Å². The van der Waals surface area contributed by atoms with E-state index in [4.69, 9.17) is 10.2 Å². The molecule has 1 aliphatic rings. The molecule has 2 N–H and O–H groups in total. The Hall–Kier alpha value is -1.42. The van der Waals surface area contributed by atoms with Crippen molar-refractivity contribution < 1.29 is 19.8 Å². The average molecular weight is 336 g/mol. The molecule has 2 atom stereocenters. The summed E-state index contributed by atoms with van der Waals surface area (Å²) in [4.78, 5) is 22.4. The van der Waals surface area contributed by atoms with E-state index in [1.807, 2.05) is 6.08 Å². The predicted molar refractivity (Wildman–Crippen MR) is 95.8 cm³/mol. The van der Waals surface area contributed by atoms with E-state index in [0.29, 0.717) is 0 Å². The molecule has 0 radical (unpaired) electrons. The molecule has 24 heavy (non-hydrogen) atoms. The van der Waals surface area contributed by atoms with Crippen molar-refractivity contribution in [1.82, 2.24) is 0 Å². The average Bonchev–Trinajstić information content (AvgIpc) is 2.90. The lowest BCUT2D eigenvalue weighted by Crippen LogP contribution is -2.14. The first-order chi connectivity index (χ1) is 11.6. The number of hydrogen-bond donors (Lipinski definition) is 2. The third-order valence-corrected chi connectivity index (χ3v) is 4.61. The second kappa shape index (κ2) is 12.9. The summed E-state index contributed by atoms with van der Waals surface area (Å²) in [5, 5.41) is 17.3. The highest BCUT2D eigenvalue weighted by Gasteiger charge is 2.27. The first-order valence-electron chi connectivity index (χ1n) is 9.36. The standard InChI is InChI=1S/C20H32O4/c21-16-10-6-2-1-3-7-11-17-14-15-19(22)18(17)12-8-4-5-9-13-20(23)24/h7,11,14-15,17-18,21H,1-6,8-10,12-13,16H2,(H,23,24)/t17-,18+/m0/s1. The molecular weight excluding hydrogens is 304 g/mol. The Bertz CT molecular complexity index is 425. The van der Waals surface area contributed by atoms with Gasteiger partial charge in [-0.3, -0.25) is 9.59 Å². The number of aliphatic hydroxyl groups is 1. The molecule has 1 rings (SSSR count). The van der Waals surface area contributed by atoms with Gasteiger partial charge in [0.05, 0.1) is 0 Å². The van der Waals surface area contributed by atoms with Crippen LogP contribution in [-0.2, 0) is 9.59 Å². The number of unbranched alkanes of at least 4 members (excludes halogenated alkanes) is 7. The largest absolute Gasteiger partial charge is 0.481 e. The van der Waals surface area contributed by atoms with E-state index in [1.54, 1.807) is 6.08 Å². The number of carboxylic acid groups (broad SMARTS) is 1. The van der Waals surface area contributed by atoms with Crippen molar-refractivity contribution >= 4 is 11.8 Å². The molecule has 0 aromatic rings. The molecular formula is C20H32O4. The number of allylic oxidation sites excluding steroid dienone is 4. The summed E-state index contributed by atoms with van der Waals surface area (Å²) in [7, 11) is 0. The van der Waals surface area contributed by atoms with E-state index in [2.05, 4.69) is 12.2 Å². The molecule has 0 saturated carbocycles. The summed E-state index contributed by atoms with van der Waals surface area (Å²) in [6.07, 6.45) is 18.1. The van der Waals surface area contributed by atoms with Gasteiger partial charge >= 0.3 is 5.97 Å². The van der Waals surface area contributed by atoms with Crippen molar-refractivity contribution in [1.29, 1.82) is 0 Å². The van der Waals surface area contributed by atoms with E-state index in [9.17, 15) is 9.59 Å². The highest BCUT2D eigenvalue weighted by molar-refractivity contribution is 5.94. The van der Waals surface area contributed by atoms with Crippen LogP contribution in [0.25, 0.3) is 0 Å². The summed E-state index contributed by atoms with van der Waals surface area (Å²) < 4.78 is 0. The number of aliphatic carboxylic acids is 1. The van der Waals surface area contributed by atoms with Crippen molar-refractivity contribution in [3.63, 3.8) is 0 Å². The Labute approximate surface area is 145 Å². The molecule has 0 spiro atoms. The van der Waals surface area contributed by atoms with E-state index in [1.165, 1.54) is 0 Å². The number of carbonyl (C=O) groups excluding carboxylic acids is 1. The summed E-state index contributed by atoms with van der Waals surface area (Å²) in [6, 6.07) is 0.